The lowest BCUT2D eigenvalue weighted by Gasteiger charge is -2.06. The lowest BCUT2D eigenvalue weighted by molar-refractivity contribution is -0.119. The molecule has 14 heavy (non-hydrogen) atoms. The zero-order valence-corrected chi connectivity index (χ0v) is 8.50. The van der Waals surface area contributed by atoms with Gasteiger partial charge in [-0.05, 0) is 6.42 Å². The van der Waals surface area contributed by atoms with Crippen LogP contribution in [0.3, 0.4) is 0 Å². The Balaban J connectivity index is 2.56. The van der Waals surface area contributed by atoms with Gasteiger partial charge in [0.2, 0.25) is 11.9 Å². The van der Waals surface area contributed by atoms with Gasteiger partial charge < -0.3 is 4.74 Å². The molecule has 78 valence electrons. The minimum absolute atomic E-state index is 0.0360. The fourth-order valence-electron chi connectivity index (χ4n) is 0.819. The van der Waals surface area contributed by atoms with Crippen LogP contribution in [0.1, 0.15) is 20.3 Å². The Labute approximate surface area is 82.1 Å². The van der Waals surface area contributed by atoms with Crippen molar-refractivity contribution in [3.05, 3.63) is 0 Å². The van der Waals surface area contributed by atoms with Crippen LogP contribution in [0.4, 0.5) is 5.95 Å². The third kappa shape index (κ3) is 2.45. The highest BCUT2D eigenvalue weighted by Gasteiger charge is 2.12. The van der Waals surface area contributed by atoms with Crippen LogP contribution in [0.25, 0.3) is 0 Å². The molecule has 0 spiro atoms. The third-order valence-electron chi connectivity index (χ3n) is 1.95. The van der Waals surface area contributed by atoms with Crippen LogP contribution in [0.15, 0.2) is 0 Å². The van der Waals surface area contributed by atoms with Gasteiger partial charge in [-0.3, -0.25) is 10.1 Å². The summed E-state index contributed by atoms with van der Waals surface area (Å²) in [4.78, 5) is 15.3. The number of carbonyl (C=O) groups excluding carboxylic acids is 1. The first-order valence-corrected chi connectivity index (χ1v) is 4.44. The number of nitrogens with zero attached hydrogens (tertiary/aromatic N) is 2. The predicted octanol–water partition coefficient (Wildman–Crippen LogP) is 0.798. The number of ether oxygens (including phenoxy) is 1. The molecule has 1 heterocycles. The molecule has 1 atom stereocenters. The van der Waals surface area contributed by atoms with Crippen molar-refractivity contribution in [2.24, 2.45) is 5.92 Å². The first kappa shape index (κ1) is 10.5. The number of aromatic amines is 1. The highest BCUT2D eigenvalue weighted by molar-refractivity contribution is 5.90. The van der Waals surface area contributed by atoms with Gasteiger partial charge in [0.05, 0.1) is 7.11 Å². The summed E-state index contributed by atoms with van der Waals surface area (Å²) in [5.74, 6) is 0.199. The molecule has 0 saturated carbocycles. The molecule has 0 fully saturated rings. The normalized spacial score (nSPS) is 12.2. The number of rotatable bonds is 4. The molecule has 6 heteroatoms. The topological polar surface area (TPSA) is 79.9 Å². The van der Waals surface area contributed by atoms with Crippen molar-refractivity contribution in [2.75, 3.05) is 12.4 Å². The van der Waals surface area contributed by atoms with Crippen LogP contribution in [0, 0.1) is 5.92 Å². The maximum atomic E-state index is 11.4. The smallest absolute Gasteiger partial charge is 0.336 e. The van der Waals surface area contributed by atoms with E-state index in [2.05, 4.69) is 20.5 Å². The average Bonchev–Trinajstić information content (AvgIpc) is 2.64. The van der Waals surface area contributed by atoms with E-state index in [9.17, 15) is 4.79 Å². The molecule has 0 aliphatic rings. The number of anilines is 1. The fourth-order valence-corrected chi connectivity index (χ4v) is 0.819. The monoisotopic (exact) mass is 198 g/mol. The fraction of sp³-hybridized carbons (Fsp3) is 0.625. The molecule has 1 aromatic heterocycles. The average molecular weight is 198 g/mol. The standard InChI is InChI=1S/C8H14N4O2/c1-4-5(2)6(13)9-7-10-8(14-3)12-11-7/h5H,4H2,1-3H3,(H2,9,10,11,12,13). The second kappa shape index (κ2) is 4.59. The van der Waals surface area contributed by atoms with Crippen molar-refractivity contribution in [3.8, 4) is 6.01 Å². The molecule has 1 aromatic rings. The number of hydrogen-bond acceptors (Lipinski definition) is 4. The zero-order chi connectivity index (χ0) is 10.6. The molecule has 2 N–H and O–H groups in total. The van der Waals surface area contributed by atoms with Gasteiger partial charge in [-0.15, -0.1) is 5.10 Å². The maximum Gasteiger partial charge on any atom is 0.336 e. The van der Waals surface area contributed by atoms with E-state index in [1.54, 1.807) is 0 Å². The summed E-state index contributed by atoms with van der Waals surface area (Å²) in [6, 6.07) is 0.212. The Bertz CT molecular complexity index is 310. The van der Waals surface area contributed by atoms with Crippen molar-refractivity contribution < 1.29 is 9.53 Å². The number of carbonyl (C=O) groups is 1. The SMILES string of the molecule is CCC(C)C(=O)Nc1nc(OC)n[nH]1. The van der Waals surface area contributed by atoms with Crippen molar-refractivity contribution in [3.63, 3.8) is 0 Å². The molecule has 0 aliphatic heterocycles. The molecule has 1 unspecified atom stereocenters. The quantitative estimate of drug-likeness (QED) is 0.749. The van der Waals surface area contributed by atoms with E-state index in [1.807, 2.05) is 13.8 Å². The summed E-state index contributed by atoms with van der Waals surface area (Å²) < 4.78 is 4.76. The highest BCUT2D eigenvalue weighted by atomic mass is 16.5. The molecule has 1 amide bonds. The summed E-state index contributed by atoms with van der Waals surface area (Å²) in [6.07, 6.45) is 0.789. The van der Waals surface area contributed by atoms with Crippen molar-refractivity contribution in [2.45, 2.75) is 20.3 Å². The summed E-state index contributed by atoms with van der Waals surface area (Å²) in [5, 5.41) is 8.85. The minimum Gasteiger partial charge on any atom is -0.466 e. The lowest BCUT2D eigenvalue weighted by Crippen LogP contribution is -2.20. The van der Waals surface area contributed by atoms with Crippen LogP contribution in [0.5, 0.6) is 6.01 Å². The third-order valence-corrected chi connectivity index (χ3v) is 1.95. The minimum atomic E-state index is -0.0775. The van der Waals surface area contributed by atoms with E-state index in [0.717, 1.165) is 6.42 Å². The number of hydrogen-bond donors (Lipinski definition) is 2. The molecular formula is C8H14N4O2. The van der Waals surface area contributed by atoms with Crippen LogP contribution in [-0.2, 0) is 4.79 Å². The maximum absolute atomic E-state index is 11.4. The summed E-state index contributed by atoms with van der Waals surface area (Å²) >= 11 is 0. The Morgan fingerprint density at radius 3 is 2.93 bits per heavy atom. The molecule has 0 radical (unpaired) electrons. The Morgan fingerprint density at radius 1 is 1.71 bits per heavy atom. The largest absolute Gasteiger partial charge is 0.466 e. The molecule has 0 bridgehead atoms. The van der Waals surface area contributed by atoms with Gasteiger partial charge in [0.1, 0.15) is 0 Å². The van der Waals surface area contributed by atoms with Crippen molar-refractivity contribution in [1.82, 2.24) is 15.2 Å². The molecule has 6 nitrogen and oxygen atoms in total. The second-order valence-electron chi connectivity index (χ2n) is 2.97. The van der Waals surface area contributed by atoms with Gasteiger partial charge in [-0.2, -0.15) is 4.98 Å². The second-order valence-corrected chi connectivity index (χ2v) is 2.97. The first-order valence-electron chi connectivity index (χ1n) is 4.44. The van der Waals surface area contributed by atoms with Crippen molar-refractivity contribution in [1.29, 1.82) is 0 Å². The van der Waals surface area contributed by atoms with Gasteiger partial charge in [0.15, 0.2) is 0 Å². The van der Waals surface area contributed by atoms with E-state index in [0.29, 0.717) is 5.95 Å². The molecular weight excluding hydrogens is 184 g/mol. The summed E-state index contributed by atoms with van der Waals surface area (Å²) in [7, 11) is 1.46. The lowest BCUT2D eigenvalue weighted by atomic mass is 10.1. The first-order chi connectivity index (χ1) is 6.67. The van der Waals surface area contributed by atoms with E-state index in [1.165, 1.54) is 7.11 Å². The molecule has 1 rings (SSSR count). The van der Waals surface area contributed by atoms with E-state index in [4.69, 9.17) is 4.74 Å². The van der Waals surface area contributed by atoms with Gasteiger partial charge in [0.25, 0.3) is 0 Å². The number of amides is 1. The Hall–Kier alpha value is -1.59. The predicted molar refractivity (Wildman–Crippen MR) is 51.0 cm³/mol. The Morgan fingerprint density at radius 2 is 2.43 bits per heavy atom. The van der Waals surface area contributed by atoms with Gasteiger partial charge in [-0.1, -0.05) is 13.8 Å². The number of aromatic nitrogens is 3. The van der Waals surface area contributed by atoms with Crippen molar-refractivity contribution >= 4 is 11.9 Å². The van der Waals surface area contributed by atoms with Crippen LogP contribution >= 0.6 is 0 Å². The van der Waals surface area contributed by atoms with E-state index < -0.39 is 0 Å². The summed E-state index contributed by atoms with van der Waals surface area (Å²) in [5.41, 5.74) is 0. The van der Waals surface area contributed by atoms with Crippen LogP contribution in [0.2, 0.25) is 0 Å². The van der Waals surface area contributed by atoms with Crippen LogP contribution in [-0.4, -0.2) is 28.2 Å². The van der Waals surface area contributed by atoms with Gasteiger partial charge in [0, 0.05) is 5.92 Å². The number of nitrogens with one attached hydrogen (secondary N) is 2. The highest BCUT2D eigenvalue weighted by Crippen LogP contribution is 2.07. The van der Waals surface area contributed by atoms with Crippen LogP contribution < -0.4 is 10.1 Å². The molecule has 0 saturated heterocycles. The number of H-pyrrole nitrogens is 1. The van der Waals surface area contributed by atoms with Gasteiger partial charge >= 0.3 is 6.01 Å². The molecule has 0 aromatic carbocycles. The molecule has 0 aliphatic carbocycles. The van der Waals surface area contributed by atoms with Gasteiger partial charge in [-0.25, -0.2) is 5.10 Å². The summed E-state index contributed by atoms with van der Waals surface area (Å²) in [6.45, 7) is 3.80. The van der Waals surface area contributed by atoms with E-state index >= 15 is 0 Å². The number of methoxy groups -OCH3 is 1. The van der Waals surface area contributed by atoms with E-state index in [-0.39, 0.29) is 17.8 Å². The Kier molecular flexibility index (Phi) is 3.44. The zero-order valence-electron chi connectivity index (χ0n) is 8.50.